The van der Waals surface area contributed by atoms with Gasteiger partial charge in [-0.2, -0.15) is 0 Å². The molecule has 0 bridgehead atoms. The Labute approximate surface area is 83.6 Å². The molecular weight excluding hydrogens is 178 g/mol. The molecule has 0 amide bonds. The summed E-state index contributed by atoms with van der Waals surface area (Å²) in [5.41, 5.74) is 1.98. The third-order valence-corrected chi connectivity index (χ3v) is 2.67. The largest absolute Gasteiger partial charge is 0.392 e. The van der Waals surface area contributed by atoms with Crippen molar-refractivity contribution in [3.05, 3.63) is 29.8 Å². The van der Waals surface area contributed by atoms with Gasteiger partial charge in [0.25, 0.3) is 0 Å². The fourth-order valence-corrected chi connectivity index (χ4v) is 1.91. The van der Waals surface area contributed by atoms with Gasteiger partial charge in [0.2, 0.25) is 0 Å². The zero-order valence-electron chi connectivity index (χ0n) is 8.06. The Bertz CT molecular complexity index is 314. The lowest BCUT2D eigenvalue weighted by Gasteiger charge is -2.20. The van der Waals surface area contributed by atoms with Crippen molar-refractivity contribution in [3.63, 3.8) is 0 Å². The maximum Gasteiger partial charge on any atom is 0.0731 e. The summed E-state index contributed by atoms with van der Waals surface area (Å²) >= 11 is 0. The molecule has 0 radical (unpaired) electrons. The Hall–Kier alpha value is -1.06. The van der Waals surface area contributed by atoms with E-state index in [0.717, 1.165) is 24.2 Å². The van der Waals surface area contributed by atoms with E-state index < -0.39 is 0 Å². The van der Waals surface area contributed by atoms with Crippen molar-refractivity contribution < 1.29 is 10.2 Å². The van der Waals surface area contributed by atoms with E-state index in [1.807, 2.05) is 24.3 Å². The van der Waals surface area contributed by atoms with Gasteiger partial charge in [-0.1, -0.05) is 18.2 Å². The van der Waals surface area contributed by atoms with Gasteiger partial charge in [-0.3, -0.25) is 0 Å². The summed E-state index contributed by atoms with van der Waals surface area (Å²) in [6.07, 6.45) is 0.599. The molecule has 0 aromatic heterocycles. The first-order valence-corrected chi connectivity index (χ1v) is 4.93. The Morgan fingerprint density at radius 3 is 2.79 bits per heavy atom. The second kappa shape index (κ2) is 3.98. The number of aliphatic hydroxyl groups excluding tert-OH is 2. The zero-order valence-corrected chi connectivity index (χ0v) is 8.06. The Kier molecular flexibility index (Phi) is 2.70. The smallest absolute Gasteiger partial charge is 0.0731 e. The third kappa shape index (κ3) is 1.74. The molecule has 76 valence electrons. The second-order valence-electron chi connectivity index (χ2n) is 3.68. The molecule has 14 heavy (non-hydrogen) atoms. The number of para-hydroxylation sites is 1. The van der Waals surface area contributed by atoms with E-state index in [9.17, 15) is 5.11 Å². The summed E-state index contributed by atoms with van der Waals surface area (Å²) in [7, 11) is 0. The van der Waals surface area contributed by atoms with Gasteiger partial charge in [-0.15, -0.1) is 0 Å². The van der Waals surface area contributed by atoms with Crippen molar-refractivity contribution >= 4 is 5.69 Å². The molecule has 1 fully saturated rings. The van der Waals surface area contributed by atoms with Crippen molar-refractivity contribution in [3.8, 4) is 0 Å². The number of β-amino-alcohol motifs (C(OH)–C–C–N with tert-alkyl or cyclic N) is 1. The van der Waals surface area contributed by atoms with Gasteiger partial charge in [-0.05, 0) is 12.5 Å². The molecule has 0 spiro atoms. The first-order chi connectivity index (χ1) is 6.81. The van der Waals surface area contributed by atoms with Crippen molar-refractivity contribution in [2.75, 3.05) is 18.0 Å². The minimum Gasteiger partial charge on any atom is -0.392 e. The van der Waals surface area contributed by atoms with Crippen LogP contribution in [-0.2, 0) is 6.61 Å². The van der Waals surface area contributed by atoms with Crippen LogP contribution in [0.1, 0.15) is 12.0 Å². The molecule has 1 heterocycles. The highest BCUT2D eigenvalue weighted by molar-refractivity contribution is 5.54. The van der Waals surface area contributed by atoms with Crippen LogP contribution in [0.25, 0.3) is 0 Å². The number of hydrogen-bond acceptors (Lipinski definition) is 3. The topological polar surface area (TPSA) is 43.7 Å². The van der Waals surface area contributed by atoms with E-state index >= 15 is 0 Å². The van der Waals surface area contributed by atoms with E-state index in [0.29, 0.717) is 6.54 Å². The van der Waals surface area contributed by atoms with E-state index in [-0.39, 0.29) is 12.7 Å². The van der Waals surface area contributed by atoms with Gasteiger partial charge in [0.05, 0.1) is 12.7 Å². The SMILES string of the molecule is OCc1ccccc1N1CCC(O)C1. The molecule has 3 nitrogen and oxygen atoms in total. The highest BCUT2D eigenvalue weighted by Crippen LogP contribution is 2.24. The average molecular weight is 193 g/mol. The Morgan fingerprint density at radius 2 is 2.14 bits per heavy atom. The number of hydrogen-bond donors (Lipinski definition) is 2. The molecule has 0 saturated carbocycles. The molecule has 1 aromatic rings. The van der Waals surface area contributed by atoms with Crippen LogP contribution in [0.5, 0.6) is 0 Å². The summed E-state index contributed by atoms with van der Waals surface area (Å²) in [6, 6.07) is 7.78. The second-order valence-corrected chi connectivity index (χ2v) is 3.68. The van der Waals surface area contributed by atoms with Gasteiger partial charge in [0.1, 0.15) is 0 Å². The molecule has 2 N–H and O–H groups in total. The summed E-state index contributed by atoms with van der Waals surface area (Å²) in [4.78, 5) is 2.12. The third-order valence-electron chi connectivity index (χ3n) is 2.67. The number of rotatable bonds is 2. The summed E-state index contributed by atoms with van der Waals surface area (Å²) in [5.74, 6) is 0. The maximum absolute atomic E-state index is 9.42. The molecule has 1 unspecified atom stereocenters. The number of benzene rings is 1. The van der Waals surface area contributed by atoms with Crippen molar-refractivity contribution in [1.29, 1.82) is 0 Å². The molecule has 1 aromatic carbocycles. The highest BCUT2D eigenvalue weighted by Gasteiger charge is 2.21. The average Bonchev–Trinajstić information content (AvgIpc) is 2.65. The van der Waals surface area contributed by atoms with Crippen LogP contribution in [0, 0.1) is 0 Å². The summed E-state index contributed by atoms with van der Waals surface area (Å²) < 4.78 is 0. The maximum atomic E-state index is 9.42. The van der Waals surface area contributed by atoms with Crippen LogP contribution in [0.2, 0.25) is 0 Å². The van der Waals surface area contributed by atoms with Crippen LogP contribution in [-0.4, -0.2) is 29.4 Å². The van der Waals surface area contributed by atoms with Gasteiger partial charge in [0.15, 0.2) is 0 Å². The molecule has 3 heteroatoms. The van der Waals surface area contributed by atoms with Gasteiger partial charge >= 0.3 is 0 Å². The van der Waals surface area contributed by atoms with E-state index in [2.05, 4.69) is 4.90 Å². The van der Waals surface area contributed by atoms with Crippen LogP contribution < -0.4 is 4.90 Å². The minimum atomic E-state index is -0.221. The highest BCUT2D eigenvalue weighted by atomic mass is 16.3. The molecule has 1 aliphatic rings. The number of nitrogens with zero attached hydrogens (tertiary/aromatic N) is 1. The van der Waals surface area contributed by atoms with E-state index in [1.165, 1.54) is 0 Å². The monoisotopic (exact) mass is 193 g/mol. The van der Waals surface area contributed by atoms with Crippen LogP contribution in [0.4, 0.5) is 5.69 Å². The van der Waals surface area contributed by atoms with Crippen LogP contribution >= 0.6 is 0 Å². The first kappa shape index (κ1) is 9.49. The van der Waals surface area contributed by atoms with Crippen molar-refractivity contribution in [2.45, 2.75) is 19.1 Å². The standard InChI is InChI=1S/C11H15NO2/c13-8-9-3-1-2-4-11(9)12-6-5-10(14)7-12/h1-4,10,13-14H,5-8H2. The fraction of sp³-hybridized carbons (Fsp3) is 0.455. The normalized spacial score (nSPS) is 21.6. The molecule has 2 rings (SSSR count). The number of aliphatic hydroxyl groups is 2. The summed E-state index contributed by atoms with van der Waals surface area (Å²) in [5, 5.41) is 18.6. The van der Waals surface area contributed by atoms with Gasteiger partial charge in [-0.25, -0.2) is 0 Å². The molecular formula is C11H15NO2. The van der Waals surface area contributed by atoms with Crippen LogP contribution in [0.3, 0.4) is 0 Å². The van der Waals surface area contributed by atoms with Crippen LogP contribution in [0.15, 0.2) is 24.3 Å². The predicted octanol–water partition coefficient (Wildman–Crippen LogP) is 0.750. The predicted molar refractivity (Wildman–Crippen MR) is 55.2 cm³/mol. The first-order valence-electron chi connectivity index (χ1n) is 4.93. The van der Waals surface area contributed by atoms with Crippen molar-refractivity contribution in [2.24, 2.45) is 0 Å². The lowest BCUT2D eigenvalue weighted by molar-refractivity contribution is 0.198. The summed E-state index contributed by atoms with van der Waals surface area (Å²) in [6.45, 7) is 1.61. The molecule has 1 saturated heterocycles. The van der Waals surface area contributed by atoms with E-state index in [4.69, 9.17) is 5.11 Å². The quantitative estimate of drug-likeness (QED) is 0.728. The Morgan fingerprint density at radius 1 is 1.36 bits per heavy atom. The molecule has 1 atom stereocenters. The lowest BCUT2D eigenvalue weighted by Crippen LogP contribution is -2.22. The van der Waals surface area contributed by atoms with Gasteiger partial charge in [0, 0.05) is 24.3 Å². The Balaban J connectivity index is 2.22. The zero-order chi connectivity index (χ0) is 9.97. The van der Waals surface area contributed by atoms with E-state index in [1.54, 1.807) is 0 Å². The molecule has 1 aliphatic heterocycles. The minimum absolute atomic E-state index is 0.0583. The fourth-order valence-electron chi connectivity index (χ4n) is 1.91. The molecule has 0 aliphatic carbocycles. The van der Waals surface area contributed by atoms with Gasteiger partial charge < -0.3 is 15.1 Å². The lowest BCUT2D eigenvalue weighted by atomic mass is 10.2. The number of anilines is 1. The van der Waals surface area contributed by atoms with Crippen molar-refractivity contribution in [1.82, 2.24) is 0 Å².